The summed E-state index contributed by atoms with van der Waals surface area (Å²) in [6.45, 7) is 6.28. The lowest BCUT2D eigenvalue weighted by Crippen LogP contribution is -2.49. The quantitative estimate of drug-likeness (QED) is 0.377. The van der Waals surface area contributed by atoms with Gasteiger partial charge in [0.15, 0.2) is 5.96 Å². The molecule has 2 N–H and O–H groups in total. The Kier molecular flexibility index (Phi) is 10.2. The number of hydrogen-bond acceptors (Lipinski definition) is 4. The third kappa shape index (κ3) is 6.54. The molecule has 0 spiro atoms. The maximum atomic E-state index is 4.31. The number of aromatic nitrogens is 3. The van der Waals surface area contributed by atoms with Crippen LogP contribution in [0.5, 0.6) is 0 Å². The smallest absolute Gasteiger partial charge is 0.191 e. The van der Waals surface area contributed by atoms with Crippen molar-refractivity contribution in [1.82, 2.24) is 30.3 Å². The van der Waals surface area contributed by atoms with E-state index in [1.807, 2.05) is 14.1 Å². The zero-order valence-electron chi connectivity index (χ0n) is 15.2. The molecule has 0 aliphatic carbocycles. The maximum Gasteiger partial charge on any atom is 0.191 e. The van der Waals surface area contributed by atoms with Crippen LogP contribution in [0.4, 0.5) is 0 Å². The van der Waals surface area contributed by atoms with Crippen LogP contribution in [-0.4, -0.2) is 58.3 Å². The number of aliphatic imine (C=N–C) groups is 1. The highest BCUT2D eigenvalue weighted by Gasteiger charge is 2.21. The first-order valence-electron chi connectivity index (χ1n) is 8.76. The summed E-state index contributed by atoms with van der Waals surface area (Å²) < 4.78 is 1.77. The molecule has 24 heavy (non-hydrogen) atoms. The molecule has 2 rings (SSSR count). The first-order valence-corrected chi connectivity index (χ1v) is 8.76. The van der Waals surface area contributed by atoms with E-state index in [9.17, 15) is 0 Å². The van der Waals surface area contributed by atoms with E-state index < -0.39 is 0 Å². The van der Waals surface area contributed by atoms with E-state index in [0.717, 1.165) is 18.3 Å². The van der Waals surface area contributed by atoms with Gasteiger partial charge >= 0.3 is 0 Å². The molecule has 2 heterocycles. The van der Waals surface area contributed by atoms with Gasteiger partial charge in [0.2, 0.25) is 0 Å². The monoisotopic (exact) mass is 449 g/mol. The van der Waals surface area contributed by atoms with Gasteiger partial charge in [-0.3, -0.25) is 14.6 Å². The Morgan fingerprint density at radius 3 is 2.88 bits per heavy atom. The van der Waals surface area contributed by atoms with Crippen molar-refractivity contribution >= 4 is 29.9 Å². The topological polar surface area (TPSA) is 70.4 Å². The van der Waals surface area contributed by atoms with E-state index in [2.05, 4.69) is 37.5 Å². The molecular weight excluding hydrogens is 417 g/mol. The van der Waals surface area contributed by atoms with Crippen LogP contribution in [0.1, 0.15) is 44.9 Å². The van der Waals surface area contributed by atoms with Gasteiger partial charge in [0.25, 0.3) is 0 Å². The van der Waals surface area contributed by atoms with Gasteiger partial charge in [-0.05, 0) is 32.4 Å². The van der Waals surface area contributed by atoms with E-state index in [-0.39, 0.29) is 24.0 Å². The maximum absolute atomic E-state index is 4.31. The summed E-state index contributed by atoms with van der Waals surface area (Å²) in [7, 11) is 3.70. The summed E-state index contributed by atoms with van der Waals surface area (Å²) in [6.07, 6.45) is 8.06. The van der Waals surface area contributed by atoms with Crippen LogP contribution in [0.25, 0.3) is 0 Å². The Bertz CT molecular complexity index is 489. The Hall–Kier alpha value is -0.900. The number of nitrogens with zero attached hydrogens (tertiary/aromatic N) is 5. The minimum absolute atomic E-state index is 0. The zero-order valence-corrected chi connectivity index (χ0v) is 17.5. The summed E-state index contributed by atoms with van der Waals surface area (Å²) in [4.78, 5) is 11.2. The number of unbranched alkanes of at least 4 members (excludes halogenated alkanes) is 1. The average molecular weight is 449 g/mol. The number of halogens is 1. The highest BCUT2D eigenvalue weighted by molar-refractivity contribution is 14.0. The number of piperidine rings is 1. The largest absolute Gasteiger partial charge is 0.355 e. The van der Waals surface area contributed by atoms with Gasteiger partial charge in [0.1, 0.15) is 12.2 Å². The second kappa shape index (κ2) is 11.6. The van der Waals surface area contributed by atoms with Crippen LogP contribution >= 0.6 is 24.0 Å². The molecule has 1 atom stereocenters. The van der Waals surface area contributed by atoms with Crippen molar-refractivity contribution in [2.24, 2.45) is 12.0 Å². The molecule has 8 heteroatoms. The number of aryl methyl sites for hydroxylation is 1. The van der Waals surface area contributed by atoms with Crippen molar-refractivity contribution in [3.05, 3.63) is 12.2 Å². The first-order chi connectivity index (χ1) is 11.2. The van der Waals surface area contributed by atoms with Crippen molar-refractivity contribution < 1.29 is 0 Å². The number of rotatable bonds is 7. The van der Waals surface area contributed by atoms with Crippen molar-refractivity contribution in [1.29, 1.82) is 0 Å². The molecule has 1 saturated heterocycles. The van der Waals surface area contributed by atoms with Crippen LogP contribution in [0.3, 0.4) is 0 Å². The molecule has 1 aliphatic heterocycles. The third-order valence-corrected chi connectivity index (χ3v) is 4.50. The average Bonchev–Trinajstić information content (AvgIpc) is 2.99. The van der Waals surface area contributed by atoms with Crippen molar-refractivity contribution in [2.45, 2.75) is 51.6 Å². The van der Waals surface area contributed by atoms with E-state index in [1.54, 1.807) is 11.0 Å². The molecule has 0 radical (unpaired) electrons. The second-order valence-corrected chi connectivity index (χ2v) is 6.15. The van der Waals surface area contributed by atoms with Crippen LogP contribution in [-0.2, 0) is 13.6 Å². The van der Waals surface area contributed by atoms with Gasteiger partial charge in [-0.25, -0.2) is 4.98 Å². The number of nitrogens with one attached hydrogen (secondary N) is 2. The minimum atomic E-state index is 0. The number of likely N-dealkylation sites (tertiary alicyclic amines) is 1. The zero-order chi connectivity index (χ0) is 16.5. The molecule has 1 aromatic heterocycles. The molecule has 1 aromatic rings. The lowest BCUT2D eigenvalue weighted by molar-refractivity contribution is 0.147. The van der Waals surface area contributed by atoms with E-state index >= 15 is 0 Å². The molecule has 0 saturated carbocycles. The predicted molar refractivity (Wildman–Crippen MR) is 109 cm³/mol. The number of hydrogen-bond donors (Lipinski definition) is 2. The van der Waals surface area contributed by atoms with Gasteiger partial charge in [-0.1, -0.05) is 19.8 Å². The van der Waals surface area contributed by atoms with Crippen LogP contribution < -0.4 is 10.6 Å². The highest BCUT2D eigenvalue weighted by Crippen LogP contribution is 2.16. The minimum Gasteiger partial charge on any atom is -0.355 e. The summed E-state index contributed by atoms with van der Waals surface area (Å²) in [6, 6.07) is 0.615. The number of guanidine groups is 1. The molecule has 7 nitrogen and oxygen atoms in total. The lowest BCUT2D eigenvalue weighted by atomic mass is 10.0. The molecular formula is C16H32IN7. The van der Waals surface area contributed by atoms with Gasteiger partial charge in [0.05, 0.1) is 6.54 Å². The Morgan fingerprint density at radius 2 is 2.21 bits per heavy atom. The fourth-order valence-electron chi connectivity index (χ4n) is 3.02. The van der Waals surface area contributed by atoms with Gasteiger partial charge < -0.3 is 10.6 Å². The second-order valence-electron chi connectivity index (χ2n) is 6.15. The summed E-state index contributed by atoms with van der Waals surface area (Å²) in [5.74, 6) is 1.73. The molecule has 1 unspecified atom stereocenters. The van der Waals surface area contributed by atoms with Crippen LogP contribution in [0, 0.1) is 0 Å². The summed E-state index contributed by atoms with van der Waals surface area (Å²) in [5, 5.41) is 10.9. The Balaban J connectivity index is 0.00000288. The third-order valence-electron chi connectivity index (χ3n) is 4.50. The summed E-state index contributed by atoms with van der Waals surface area (Å²) in [5.41, 5.74) is 0. The normalized spacial score (nSPS) is 19.0. The molecule has 0 amide bonds. The molecule has 1 aliphatic rings. The van der Waals surface area contributed by atoms with Gasteiger partial charge in [-0.15, -0.1) is 24.0 Å². The highest BCUT2D eigenvalue weighted by atomic mass is 127. The molecule has 0 aromatic carbocycles. The standard InChI is InChI=1S/C16H31N7.HI/c1-4-5-9-23-10-7-6-8-14(23)11-18-16(17-2)19-12-15-20-13-21-22(15)3;/h13-14H,4-12H2,1-3H3,(H2,17,18,19);1H. The van der Waals surface area contributed by atoms with E-state index in [1.165, 1.54) is 45.2 Å². The van der Waals surface area contributed by atoms with Crippen molar-refractivity contribution in [3.63, 3.8) is 0 Å². The van der Waals surface area contributed by atoms with Crippen LogP contribution in [0.2, 0.25) is 0 Å². The fraction of sp³-hybridized carbons (Fsp3) is 0.812. The first kappa shape index (κ1) is 21.1. The molecule has 1 fully saturated rings. The van der Waals surface area contributed by atoms with E-state index in [0.29, 0.717) is 12.6 Å². The molecule has 0 bridgehead atoms. The Labute approximate surface area is 162 Å². The predicted octanol–water partition coefficient (Wildman–Crippen LogP) is 1.75. The van der Waals surface area contributed by atoms with E-state index in [4.69, 9.17) is 0 Å². The van der Waals surface area contributed by atoms with Crippen molar-refractivity contribution in [3.8, 4) is 0 Å². The van der Waals surface area contributed by atoms with Gasteiger partial charge in [0, 0.05) is 26.7 Å². The fourth-order valence-corrected chi connectivity index (χ4v) is 3.02. The van der Waals surface area contributed by atoms with Gasteiger partial charge in [-0.2, -0.15) is 5.10 Å². The SMILES string of the molecule is CCCCN1CCCCC1CNC(=NC)NCc1ncnn1C.I. The van der Waals surface area contributed by atoms with Crippen LogP contribution in [0.15, 0.2) is 11.3 Å². The summed E-state index contributed by atoms with van der Waals surface area (Å²) >= 11 is 0. The lowest BCUT2D eigenvalue weighted by Gasteiger charge is -2.36. The Morgan fingerprint density at radius 1 is 1.38 bits per heavy atom. The molecule has 138 valence electrons. The van der Waals surface area contributed by atoms with Crippen molar-refractivity contribution in [2.75, 3.05) is 26.7 Å².